The van der Waals surface area contributed by atoms with E-state index in [1.165, 1.54) is 0 Å². The van der Waals surface area contributed by atoms with E-state index in [0.29, 0.717) is 5.96 Å². The second kappa shape index (κ2) is 8.77. The van der Waals surface area contributed by atoms with Crippen molar-refractivity contribution in [3.63, 3.8) is 0 Å². The zero-order chi connectivity index (χ0) is 10.8. The number of hydrogen-bond acceptors (Lipinski definition) is 3. The van der Waals surface area contributed by atoms with Crippen molar-refractivity contribution in [2.45, 2.75) is 6.42 Å². The van der Waals surface area contributed by atoms with Crippen molar-refractivity contribution in [1.82, 2.24) is 10.2 Å². The van der Waals surface area contributed by atoms with Gasteiger partial charge in [-0.05, 0) is 20.0 Å². The predicted octanol–water partition coefficient (Wildman–Crippen LogP) is -0.511. The van der Waals surface area contributed by atoms with Gasteiger partial charge in [0.15, 0.2) is 5.96 Å². The number of methoxy groups -OCH3 is 1. The molecular formula is C9H22N4O. The van der Waals surface area contributed by atoms with Gasteiger partial charge >= 0.3 is 0 Å². The van der Waals surface area contributed by atoms with Gasteiger partial charge in [0.05, 0.1) is 6.61 Å². The molecule has 0 spiro atoms. The Labute approximate surface area is 86.3 Å². The van der Waals surface area contributed by atoms with Crippen LogP contribution in [0.2, 0.25) is 0 Å². The monoisotopic (exact) mass is 202 g/mol. The van der Waals surface area contributed by atoms with Gasteiger partial charge in [0.2, 0.25) is 0 Å². The summed E-state index contributed by atoms with van der Waals surface area (Å²) in [6.45, 7) is 3.64. The fourth-order valence-electron chi connectivity index (χ4n) is 1.00. The Balaban J connectivity index is 3.27. The molecule has 0 amide bonds. The lowest BCUT2D eigenvalue weighted by Crippen LogP contribution is -2.34. The summed E-state index contributed by atoms with van der Waals surface area (Å²) in [5, 5.41) is 3.01. The van der Waals surface area contributed by atoms with Gasteiger partial charge in [0.1, 0.15) is 0 Å². The summed E-state index contributed by atoms with van der Waals surface area (Å²) in [7, 11) is 5.47. The molecule has 14 heavy (non-hydrogen) atoms. The van der Waals surface area contributed by atoms with Crippen molar-refractivity contribution in [1.29, 1.82) is 0 Å². The first kappa shape index (κ1) is 13.2. The Bertz CT molecular complexity index is 161. The maximum Gasteiger partial charge on any atom is 0.188 e. The van der Waals surface area contributed by atoms with Crippen LogP contribution in [-0.4, -0.2) is 58.3 Å². The predicted molar refractivity (Wildman–Crippen MR) is 59.5 cm³/mol. The smallest absolute Gasteiger partial charge is 0.188 e. The molecule has 0 radical (unpaired) electrons. The Hall–Kier alpha value is -0.810. The lowest BCUT2D eigenvalue weighted by molar-refractivity contribution is 0.161. The van der Waals surface area contributed by atoms with E-state index >= 15 is 0 Å². The minimum atomic E-state index is 0.504. The van der Waals surface area contributed by atoms with Crippen LogP contribution in [-0.2, 0) is 4.74 Å². The summed E-state index contributed by atoms with van der Waals surface area (Å²) in [5.41, 5.74) is 5.48. The highest BCUT2D eigenvalue weighted by atomic mass is 16.5. The quantitative estimate of drug-likeness (QED) is 0.331. The van der Waals surface area contributed by atoms with Gasteiger partial charge < -0.3 is 20.7 Å². The maximum atomic E-state index is 5.48. The lowest BCUT2D eigenvalue weighted by Gasteiger charge is -2.15. The lowest BCUT2D eigenvalue weighted by atomic mass is 10.4. The maximum absolute atomic E-state index is 5.48. The molecule has 0 aromatic heterocycles. The second-order valence-electron chi connectivity index (χ2n) is 3.19. The zero-order valence-electron chi connectivity index (χ0n) is 9.42. The van der Waals surface area contributed by atoms with E-state index in [1.54, 1.807) is 14.2 Å². The third-order valence-electron chi connectivity index (χ3n) is 1.94. The van der Waals surface area contributed by atoms with Gasteiger partial charge in [0, 0.05) is 27.2 Å². The fourth-order valence-corrected chi connectivity index (χ4v) is 1.00. The minimum absolute atomic E-state index is 0.504. The molecule has 0 saturated heterocycles. The Morgan fingerprint density at radius 3 is 2.79 bits per heavy atom. The normalized spacial score (nSPS) is 12.1. The minimum Gasteiger partial charge on any atom is -0.383 e. The Morgan fingerprint density at radius 1 is 1.50 bits per heavy atom. The van der Waals surface area contributed by atoms with E-state index in [2.05, 4.69) is 22.3 Å². The first-order valence-corrected chi connectivity index (χ1v) is 4.84. The number of hydrogen-bond donors (Lipinski definition) is 2. The summed E-state index contributed by atoms with van der Waals surface area (Å²) in [4.78, 5) is 6.03. The number of likely N-dealkylation sites (N-methyl/N-ethyl adjacent to an activating group) is 1. The molecule has 0 aliphatic rings. The van der Waals surface area contributed by atoms with Crippen LogP contribution in [0.4, 0.5) is 0 Å². The molecule has 0 rings (SSSR count). The topological polar surface area (TPSA) is 62.9 Å². The van der Waals surface area contributed by atoms with Crippen molar-refractivity contribution < 1.29 is 4.74 Å². The van der Waals surface area contributed by atoms with Gasteiger partial charge in [-0.15, -0.1) is 0 Å². The number of ether oxygens (including phenoxy) is 1. The Morgan fingerprint density at radius 2 is 2.21 bits per heavy atom. The first-order valence-electron chi connectivity index (χ1n) is 4.84. The largest absolute Gasteiger partial charge is 0.383 e. The molecule has 5 heteroatoms. The van der Waals surface area contributed by atoms with Crippen LogP contribution >= 0.6 is 0 Å². The SMILES string of the molecule is CN=C(N)NCCCN(C)CCOC. The molecule has 0 atom stereocenters. The summed E-state index contributed by atoms with van der Waals surface area (Å²) < 4.78 is 4.98. The molecule has 0 aromatic rings. The zero-order valence-corrected chi connectivity index (χ0v) is 9.42. The molecule has 0 fully saturated rings. The summed E-state index contributed by atoms with van der Waals surface area (Å²) in [6.07, 6.45) is 1.05. The third kappa shape index (κ3) is 7.82. The molecule has 0 bridgehead atoms. The van der Waals surface area contributed by atoms with E-state index in [-0.39, 0.29) is 0 Å². The standard InChI is InChI=1S/C9H22N4O/c1-11-9(10)12-5-4-6-13(2)7-8-14-3/h4-8H2,1-3H3,(H3,10,11,12). The van der Waals surface area contributed by atoms with Crippen LogP contribution in [0.15, 0.2) is 4.99 Å². The molecule has 0 aliphatic carbocycles. The van der Waals surface area contributed by atoms with E-state index < -0.39 is 0 Å². The highest BCUT2D eigenvalue weighted by Crippen LogP contribution is 1.86. The van der Waals surface area contributed by atoms with Crippen molar-refractivity contribution in [2.24, 2.45) is 10.7 Å². The molecule has 3 N–H and O–H groups in total. The fraction of sp³-hybridized carbons (Fsp3) is 0.889. The molecule has 0 unspecified atom stereocenters. The number of rotatable bonds is 7. The van der Waals surface area contributed by atoms with E-state index in [4.69, 9.17) is 10.5 Å². The number of guanidine groups is 1. The van der Waals surface area contributed by atoms with Gasteiger partial charge in [-0.2, -0.15) is 0 Å². The molecule has 0 aromatic carbocycles. The van der Waals surface area contributed by atoms with Crippen molar-refractivity contribution in [3.05, 3.63) is 0 Å². The number of nitrogens with one attached hydrogen (secondary N) is 1. The van der Waals surface area contributed by atoms with E-state index in [1.807, 2.05) is 0 Å². The van der Waals surface area contributed by atoms with Crippen LogP contribution in [0.1, 0.15) is 6.42 Å². The van der Waals surface area contributed by atoms with E-state index in [9.17, 15) is 0 Å². The van der Waals surface area contributed by atoms with Crippen molar-refractivity contribution >= 4 is 5.96 Å². The van der Waals surface area contributed by atoms with Gasteiger partial charge in [-0.1, -0.05) is 0 Å². The molecule has 0 heterocycles. The highest BCUT2D eigenvalue weighted by molar-refractivity contribution is 5.77. The summed E-state index contributed by atoms with van der Waals surface area (Å²) in [5.74, 6) is 0.504. The molecular weight excluding hydrogens is 180 g/mol. The summed E-state index contributed by atoms with van der Waals surface area (Å²) >= 11 is 0. The van der Waals surface area contributed by atoms with Crippen molar-refractivity contribution in [2.75, 3.05) is 47.4 Å². The van der Waals surface area contributed by atoms with Crippen LogP contribution < -0.4 is 11.1 Å². The first-order chi connectivity index (χ1) is 6.70. The summed E-state index contributed by atoms with van der Waals surface area (Å²) in [6, 6.07) is 0. The third-order valence-corrected chi connectivity index (χ3v) is 1.94. The number of nitrogens with zero attached hydrogens (tertiary/aromatic N) is 2. The number of aliphatic imine (C=N–C) groups is 1. The average molecular weight is 202 g/mol. The van der Waals surface area contributed by atoms with Crippen molar-refractivity contribution in [3.8, 4) is 0 Å². The Kier molecular flexibility index (Phi) is 8.27. The second-order valence-corrected chi connectivity index (χ2v) is 3.19. The van der Waals surface area contributed by atoms with Gasteiger partial charge in [-0.3, -0.25) is 4.99 Å². The van der Waals surface area contributed by atoms with Crippen LogP contribution in [0.5, 0.6) is 0 Å². The van der Waals surface area contributed by atoms with Crippen LogP contribution in [0.25, 0.3) is 0 Å². The molecule has 0 saturated carbocycles. The molecule has 84 valence electrons. The molecule has 5 nitrogen and oxygen atoms in total. The van der Waals surface area contributed by atoms with Crippen LogP contribution in [0, 0.1) is 0 Å². The van der Waals surface area contributed by atoms with Gasteiger partial charge in [-0.25, -0.2) is 0 Å². The molecule has 0 aliphatic heterocycles. The van der Waals surface area contributed by atoms with Crippen LogP contribution in [0.3, 0.4) is 0 Å². The average Bonchev–Trinajstić information content (AvgIpc) is 2.21. The number of nitrogens with two attached hydrogens (primary N) is 1. The highest BCUT2D eigenvalue weighted by Gasteiger charge is 1.97. The van der Waals surface area contributed by atoms with Gasteiger partial charge in [0.25, 0.3) is 0 Å². The van der Waals surface area contributed by atoms with E-state index in [0.717, 1.165) is 32.7 Å².